The lowest BCUT2D eigenvalue weighted by molar-refractivity contribution is -0.608. The highest BCUT2D eigenvalue weighted by molar-refractivity contribution is 5.28. The number of hydrogen-bond acceptors (Lipinski definition) is 1. The third kappa shape index (κ3) is 7.94. The Hall–Kier alpha value is -2.48. The van der Waals surface area contributed by atoms with Crippen molar-refractivity contribution in [3.05, 3.63) is 89.9 Å². The molecular weight excluding hydrogens is 376 g/mol. The molecule has 0 aliphatic heterocycles. The van der Waals surface area contributed by atoms with E-state index < -0.39 is 0 Å². The second-order valence-corrected chi connectivity index (χ2v) is 8.63. The van der Waals surface area contributed by atoms with Gasteiger partial charge in [0.25, 0.3) is 0 Å². The van der Waals surface area contributed by atoms with Crippen LogP contribution in [0.3, 0.4) is 0 Å². The molecule has 2 heteroatoms. The maximum atomic E-state index is 4.62. The number of nitrogens with zero attached hydrogens (tertiary/aromatic N) is 2. The van der Waals surface area contributed by atoms with Gasteiger partial charge in [-0.2, -0.15) is 0 Å². The average Bonchev–Trinajstić information content (AvgIpc) is 2.82. The first-order valence-corrected chi connectivity index (χ1v) is 12.4. The summed E-state index contributed by atoms with van der Waals surface area (Å²) in [4.78, 5) is 4.62. The Morgan fingerprint density at radius 2 is 1.35 bits per heavy atom. The Labute approximate surface area is 189 Å². The molecule has 2 nitrogen and oxygen atoms in total. The van der Waals surface area contributed by atoms with Gasteiger partial charge in [-0.1, -0.05) is 107 Å². The van der Waals surface area contributed by atoms with Gasteiger partial charge in [-0.3, -0.25) is 0 Å². The zero-order chi connectivity index (χ0) is 21.6. The molecule has 0 saturated carbocycles. The van der Waals surface area contributed by atoms with Gasteiger partial charge in [0.05, 0.1) is 6.20 Å². The van der Waals surface area contributed by atoms with Crippen LogP contribution in [0.25, 0.3) is 5.82 Å². The van der Waals surface area contributed by atoms with E-state index in [4.69, 9.17) is 0 Å². The number of benzene rings is 1. The predicted molar refractivity (Wildman–Crippen MR) is 131 cm³/mol. The van der Waals surface area contributed by atoms with Crippen LogP contribution in [0.5, 0.6) is 0 Å². The first kappa shape index (κ1) is 23.2. The van der Waals surface area contributed by atoms with Crippen molar-refractivity contribution < 1.29 is 4.57 Å². The molecule has 3 rings (SSSR count). The molecule has 0 amide bonds. The van der Waals surface area contributed by atoms with E-state index in [1.165, 1.54) is 81.0 Å². The minimum atomic E-state index is 0.974. The summed E-state index contributed by atoms with van der Waals surface area (Å²) in [6, 6.07) is 21.4. The fourth-order valence-corrected chi connectivity index (χ4v) is 4.33. The van der Waals surface area contributed by atoms with Crippen LogP contribution in [0.2, 0.25) is 0 Å². The summed E-state index contributed by atoms with van der Waals surface area (Å²) in [5.41, 5.74) is 4.19. The van der Waals surface area contributed by atoms with Gasteiger partial charge in [0, 0.05) is 18.9 Å². The van der Waals surface area contributed by atoms with Gasteiger partial charge in [0.1, 0.15) is 11.9 Å². The first-order chi connectivity index (χ1) is 15.4. The van der Waals surface area contributed by atoms with Crippen molar-refractivity contribution in [2.45, 2.75) is 84.0 Å². The summed E-state index contributed by atoms with van der Waals surface area (Å²) in [7, 11) is 0. The Morgan fingerprint density at radius 1 is 0.677 bits per heavy atom. The van der Waals surface area contributed by atoms with Crippen molar-refractivity contribution in [2.24, 2.45) is 0 Å². The Morgan fingerprint density at radius 3 is 2.03 bits per heavy atom. The maximum absolute atomic E-state index is 4.62. The highest BCUT2D eigenvalue weighted by Gasteiger charge is 2.16. The van der Waals surface area contributed by atoms with Crippen molar-refractivity contribution in [2.75, 3.05) is 0 Å². The molecule has 2 heterocycles. The van der Waals surface area contributed by atoms with Crippen molar-refractivity contribution in [3.63, 3.8) is 0 Å². The number of pyridine rings is 2. The molecule has 0 aliphatic rings. The van der Waals surface area contributed by atoms with E-state index in [0.717, 1.165) is 18.7 Å². The molecule has 0 radical (unpaired) electrons. The van der Waals surface area contributed by atoms with Gasteiger partial charge >= 0.3 is 5.82 Å². The van der Waals surface area contributed by atoms with Gasteiger partial charge < -0.3 is 0 Å². The molecule has 0 aliphatic carbocycles. The highest BCUT2D eigenvalue weighted by atomic mass is 15.0. The molecule has 0 fully saturated rings. The van der Waals surface area contributed by atoms with Gasteiger partial charge in [0.15, 0.2) is 0 Å². The zero-order valence-electron chi connectivity index (χ0n) is 19.3. The van der Waals surface area contributed by atoms with Crippen LogP contribution in [-0.4, -0.2) is 4.98 Å². The lowest BCUT2D eigenvalue weighted by Gasteiger charge is -2.12. The van der Waals surface area contributed by atoms with Crippen molar-refractivity contribution >= 4 is 0 Å². The van der Waals surface area contributed by atoms with E-state index in [1.54, 1.807) is 0 Å². The zero-order valence-corrected chi connectivity index (χ0v) is 19.3. The van der Waals surface area contributed by atoms with Gasteiger partial charge in [-0.05, 0) is 34.7 Å². The number of hydrogen-bond donors (Lipinski definition) is 0. The van der Waals surface area contributed by atoms with E-state index >= 15 is 0 Å². The summed E-state index contributed by atoms with van der Waals surface area (Å²) in [5.74, 6) is 1.01. The molecule has 0 spiro atoms. The predicted octanol–water partition coefficient (Wildman–Crippen LogP) is 7.41. The van der Waals surface area contributed by atoms with Crippen molar-refractivity contribution in [3.8, 4) is 5.82 Å². The minimum absolute atomic E-state index is 0.974. The van der Waals surface area contributed by atoms with Crippen LogP contribution in [0.1, 0.15) is 88.0 Å². The monoisotopic (exact) mass is 415 g/mol. The van der Waals surface area contributed by atoms with Crippen molar-refractivity contribution in [1.29, 1.82) is 0 Å². The van der Waals surface area contributed by atoms with Crippen LogP contribution in [0, 0.1) is 0 Å². The van der Waals surface area contributed by atoms with E-state index in [-0.39, 0.29) is 0 Å². The molecular formula is C29H39N2+. The van der Waals surface area contributed by atoms with E-state index in [0.29, 0.717) is 0 Å². The summed E-state index contributed by atoms with van der Waals surface area (Å²) >= 11 is 0. The van der Waals surface area contributed by atoms with Crippen LogP contribution in [0.15, 0.2) is 73.1 Å². The fraction of sp³-hybridized carbons (Fsp3) is 0.448. The summed E-state index contributed by atoms with van der Waals surface area (Å²) in [6.07, 6.45) is 19.8. The lowest BCUT2D eigenvalue weighted by atomic mass is 9.99. The molecule has 3 aromatic rings. The van der Waals surface area contributed by atoms with Gasteiger partial charge in [0.2, 0.25) is 0 Å². The van der Waals surface area contributed by atoms with Gasteiger partial charge in [-0.25, -0.2) is 4.57 Å². The lowest BCUT2D eigenvalue weighted by Crippen LogP contribution is -2.37. The van der Waals surface area contributed by atoms with E-state index in [2.05, 4.69) is 77.3 Å². The Kier molecular flexibility index (Phi) is 10.3. The topological polar surface area (TPSA) is 16.8 Å². The third-order valence-corrected chi connectivity index (χ3v) is 6.09. The molecule has 1 aromatic carbocycles. The minimum Gasteiger partial charge on any atom is -0.200 e. The van der Waals surface area contributed by atoms with Crippen molar-refractivity contribution in [1.82, 2.24) is 4.98 Å². The Bertz CT molecular complexity index is 858. The second kappa shape index (κ2) is 13.7. The summed E-state index contributed by atoms with van der Waals surface area (Å²) < 4.78 is 2.30. The highest BCUT2D eigenvalue weighted by Crippen LogP contribution is 2.17. The average molecular weight is 416 g/mol. The molecule has 164 valence electrons. The van der Waals surface area contributed by atoms with E-state index in [1.807, 2.05) is 12.3 Å². The molecule has 0 saturated heterocycles. The van der Waals surface area contributed by atoms with Gasteiger partial charge in [-0.15, -0.1) is 0 Å². The SMILES string of the molecule is CCCCCCCCCCCCc1c(Cc2ccccc2)ccc[n+]1-c1ccccn1. The van der Waals surface area contributed by atoms with Crippen LogP contribution < -0.4 is 4.57 Å². The fourth-order valence-electron chi connectivity index (χ4n) is 4.33. The summed E-state index contributed by atoms with van der Waals surface area (Å²) in [6.45, 7) is 2.29. The quantitative estimate of drug-likeness (QED) is 0.198. The number of aromatic nitrogens is 2. The molecule has 31 heavy (non-hydrogen) atoms. The smallest absolute Gasteiger partial charge is 0.200 e. The molecule has 0 bridgehead atoms. The normalized spacial score (nSPS) is 11.0. The largest absolute Gasteiger partial charge is 0.327 e. The van der Waals surface area contributed by atoms with Crippen LogP contribution >= 0.6 is 0 Å². The Balaban J connectivity index is 1.59. The van der Waals surface area contributed by atoms with Crippen LogP contribution in [-0.2, 0) is 12.8 Å². The maximum Gasteiger partial charge on any atom is 0.327 e. The van der Waals surface area contributed by atoms with Crippen LogP contribution in [0.4, 0.5) is 0 Å². The molecule has 0 N–H and O–H groups in total. The number of rotatable bonds is 14. The van der Waals surface area contributed by atoms with E-state index in [9.17, 15) is 0 Å². The second-order valence-electron chi connectivity index (χ2n) is 8.63. The molecule has 0 unspecified atom stereocenters. The number of unbranched alkanes of at least 4 members (excludes halogenated alkanes) is 9. The summed E-state index contributed by atoms with van der Waals surface area (Å²) in [5, 5.41) is 0. The standard InChI is InChI=1S/C29H39N2/c1-2-3-4-5-6-7-8-9-10-14-21-28-27(25-26-18-12-11-13-19-26)20-17-24-31(28)29-22-15-16-23-30-29/h11-13,15-20,22-24H,2-10,14,21,25H2,1H3/q+1. The molecule has 0 atom stereocenters. The molecule has 2 aromatic heterocycles. The third-order valence-electron chi connectivity index (χ3n) is 6.09. The first-order valence-electron chi connectivity index (χ1n) is 12.4.